The quantitative estimate of drug-likeness (QED) is 0.200. The zero-order valence-electron chi connectivity index (χ0n) is 22.4. The molecule has 0 spiro atoms. The summed E-state index contributed by atoms with van der Waals surface area (Å²) in [4.78, 5) is 50.6. The Morgan fingerprint density at radius 1 is 0.973 bits per heavy atom. The van der Waals surface area contributed by atoms with Crippen molar-refractivity contribution in [2.45, 2.75) is 78.4 Å². The smallest absolute Gasteiger partial charge is 0.336 e. The lowest BCUT2D eigenvalue weighted by molar-refractivity contribution is -0.135. The largest absolute Gasteiger partial charge is 0.423 e. The van der Waals surface area contributed by atoms with E-state index in [4.69, 9.17) is 15.9 Å². The minimum Gasteiger partial charge on any atom is -0.423 e. The zero-order chi connectivity index (χ0) is 27.7. The molecule has 2 rings (SSSR count). The van der Waals surface area contributed by atoms with Crippen molar-refractivity contribution in [3.8, 4) is 0 Å². The standard InChI is InChI=1S/C27H41N5O5/c1-15(2)12-21(31-27(36)24(29)16(3)4)26(35)32-25(34)20(8-6-7-11-28)30-18-9-10-19-17(5)13-23(33)37-22(19)14-18/h9-10,13-16,20-21,24,30H,6-8,11-12,28-29H2,1-5H3,(H,31,36)(H,32,34,35)/t20-,21-,24+/m0/s1. The number of carbonyl (C=O) groups is 3. The summed E-state index contributed by atoms with van der Waals surface area (Å²) >= 11 is 0. The van der Waals surface area contributed by atoms with Crippen LogP contribution in [0, 0.1) is 18.8 Å². The summed E-state index contributed by atoms with van der Waals surface area (Å²) in [5, 5.41) is 9.10. The van der Waals surface area contributed by atoms with Gasteiger partial charge in [0.1, 0.15) is 17.7 Å². The first-order chi connectivity index (χ1) is 17.4. The van der Waals surface area contributed by atoms with Crippen LogP contribution in [0.3, 0.4) is 0 Å². The van der Waals surface area contributed by atoms with Crippen molar-refractivity contribution in [1.82, 2.24) is 10.6 Å². The van der Waals surface area contributed by atoms with Gasteiger partial charge in [-0.1, -0.05) is 27.7 Å². The van der Waals surface area contributed by atoms with E-state index >= 15 is 0 Å². The van der Waals surface area contributed by atoms with E-state index in [0.29, 0.717) is 43.5 Å². The summed E-state index contributed by atoms with van der Waals surface area (Å²) < 4.78 is 5.31. The number of nitrogens with one attached hydrogen (secondary N) is 3. The van der Waals surface area contributed by atoms with Gasteiger partial charge in [-0.2, -0.15) is 0 Å². The first-order valence-electron chi connectivity index (χ1n) is 12.8. The third-order valence-corrected chi connectivity index (χ3v) is 6.16. The highest BCUT2D eigenvalue weighted by atomic mass is 16.4. The van der Waals surface area contributed by atoms with E-state index in [0.717, 1.165) is 10.9 Å². The molecule has 0 fully saturated rings. The predicted octanol–water partition coefficient (Wildman–Crippen LogP) is 2.17. The number of unbranched alkanes of at least 4 members (excludes halogenated alkanes) is 1. The Morgan fingerprint density at radius 3 is 2.27 bits per heavy atom. The number of rotatable bonds is 13. The molecule has 2 aromatic rings. The van der Waals surface area contributed by atoms with Gasteiger partial charge in [-0.25, -0.2) is 4.79 Å². The Labute approximate surface area is 217 Å². The number of amides is 3. The van der Waals surface area contributed by atoms with Gasteiger partial charge in [0.25, 0.3) is 0 Å². The maximum Gasteiger partial charge on any atom is 0.336 e. The third-order valence-electron chi connectivity index (χ3n) is 6.16. The number of hydrogen-bond donors (Lipinski definition) is 5. The average Bonchev–Trinajstić information content (AvgIpc) is 2.81. The van der Waals surface area contributed by atoms with Gasteiger partial charge >= 0.3 is 5.63 Å². The number of benzene rings is 1. The first-order valence-corrected chi connectivity index (χ1v) is 12.8. The van der Waals surface area contributed by atoms with E-state index < -0.39 is 41.5 Å². The third kappa shape index (κ3) is 8.98. The Hall–Kier alpha value is -3.24. The monoisotopic (exact) mass is 515 g/mol. The Morgan fingerprint density at radius 2 is 1.65 bits per heavy atom. The molecule has 10 heteroatoms. The van der Waals surface area contributed by atoms with Crippen LogP contribution in [0.1, 0.15) is 58.9 Å². The predicted molar refractivity (Wildman–Crippen MR) is 145 cm³/mol. The van der Waals surface area contributed by atoms with Crippen molar-refractivity contribution in [3.05, 3.63) is 40.2 Å². The minimum absolute atomic E-state index is 0.0932. The number of nitrogens with two attached hydrogens (primary N) is 2. The zero-order valence-corrected chi connectivity index (χ0v) is 22.4. The molecule has 0 radical (unpaired) electrons. The van der Waals surface area contributed by atoms with Gasteiger partial charge in [-0.05, 0) is 68.7 Å². The summed E-state index contributed by atoms with van der Waals surface area (Å²) in [5.74, 6) is -1.56. The average molecular weight is 516 g/mol. The van der Waals surface area contributed by atoms with E-state index in [1.54, 1.807) is 12.1 Å². The van der Waals surface area contributed by atoms with Gasteiger partial charge in [0.2, 0.25) is 17.7 Å². The molecular weight excluding hydrogens is 474 g/mol. The lowest BCUT2D eigenvalue weighted by Crippen LogP contribution is -2.55. The van der Waals surface area contributed by atoms with Crippen LogP contribution in [0.25, 0.3) is 11.0 Å². The molecule has 3 atom stereocenters. The molecule has 0 aliphatic heterocycles. The Bertz CT molecular complexity index is 1140. The second-order valence-electron chi connectivity index (χ2n) is 10.3. The molecule has 0 aliphatic rings. The Balaban J connectivity index is 2.21. The highest BCUT2D eigenvalue weighted by molar-refractivity contribution is 6.02. The fourth-order valence-electron chi connectivity index (χ4n) is 3.95. The highest BCUT2D eigenvalue weighted by Crippen LogP contribution is 2.22. The van der Waals surface area contributed by atoms with E-state index in [1.165, 1.54) is 6.07 Å². The second kappa shape index (κ2) is 13.9. The van der Waals surface area contributed by atoms with Crippen LogP contribution in [-0.2, 0) is 14.4 Å². The molecule has 3 amide bonds. The normalized spacial score (nSPS) is 13.9. The topological polar surface area (TPSA) is 170 Å². The molecule has 0 aliphatic carbocycles. The molecule has 0 saturated heterocycles. The van der Waals surface area contributed by atoms with Crippen molar-refractivity contribution in [2.24, 2.45) is 23.3 Å². The number of hydrogen-bond acceptors (Lipinski definition) is 8. The lowest BCUT2D eigenvalue weighted by atomic mass is 10.00. The molecule has 1 aromatic carbocycles. The molecule has 10 nitrogen and oxygen atoms in total. The van der Waals surface area contributed by atoms with Crippen LogP contribution in [0.4, 0.5) is 5.69 Å². The fraction of sp³-hybridized carbons (Fsp3) is 0.556. The van der Waals surface area contributed by atoms with Crippen molar-refractivity contribution in [3.63, 3.8) is 0 Å². The molecule has 7 N–H and O–H groups in total. The number of carbonyl (C=O) groups excluding carboxylic acids is 3. The minimum atomic E-state index is -0.899. The van der Waals surface area contributed by atoms with Crippen LogP contribution in [0.5, 0.6) is 0 Å². The summed E-state index contributed by atoms with van der Waals surface area (Å²) in [5.41, 5.74) is 12.9. The molecular formula is C27H41N5O5. The van der Waals surface area contributed by atoms with Gasteiger partial charge < -0.3 is 26.5 Å². The second-order valence-corrected chi connectivity index (χ2v) is 10.3. The van der Waals surface area contributed by atoms with Crippen LogP contribution in [-0.4, -0.2) is 42.4 Å². The number of imide groups is 1. The lowest BCUT2D eigenvalue weighted by Gasteiger charge is -2.24. The summed E-state index contributed by atoms with van der Waals surface area (Å²) in [6.07, 6.45) is 2.15. The first kappa shape index (κ1) is 30.0. The maximum atomic E-state index is 13.2. The molecule has 0 saturated carbocycles. The van der Waals surface area contributed by atoms with Gasteiger partial charge in [0, 0.05) is 23.2 Å². The molecule has 0 bridgehead atoms. The van der Waals surface area contributed by atoms with Gasteiger partial charge in [0.05, 0.1) is 6.04 Å². The molecule has 37 heavy (non-hydrogen) atoms. The van der Waals surface area contributed by atoms with E-state index in [2.05, 4.69) is 16.0 Å². The summed E-state index contributed by atoms with van der Waals surface area (Å²) in [6.45, 7) is 9.79. The molecule has 1 heterocycles. The van der Waals surface area contributed by atoms with Gasteiger partial charge in [0.15, 0.2) is 0 Å². The van der Waals surface area contributed by atoms with E-state index in [1.807, 2.05) is 40.7 Å². The molecule has 1 aromatic heterocycles. The summed E-state index contributed by atoms with van der Waals surface area (Å²) in [6, 6.07) is 4.26. The van der Waals surface area contributed by atoms with Crippen molar-refractivity contribution < 1.29 is 18.8 Å². The number of anilines is 1. The van der Waals surface area contributed by atoms with Crippen LogP contribution >= 0.6 is 0 Å². The van der Waals surface area contributed by atoms with Crippen molar-refractivity contribution in [1.29, 1.82) is 0 Å². The van der Waals surface area contributed by atoms with Crippen LogP contribution in [0.2, 0.25) is 0 Å². The van der Waals surface area contributed by atoms with E-state index in [9.17, 15) is 19.2 Å². The van der Waals surface area contributed by atoms with Crippen molar-refractivity contribution in [2.75, 3.05) is 11.9 Å². The SMILES string of the molecule is Cc1cc(=O)oc2cc(N[C@@H](CCCCN)C(=O)NC(=O)[C@H](CC(C)C)NC(=O)[C@H](N)C(C)C)ccc12. The number of aryl methyl sites for hydroxylation is 1. The summed E-state index contributed by atoms with van der Waals surface area (Å²) in [7, 11) is 0. The van der Waals surface area contributed by atoms with E-state index in [-0.39, 0.29) is 11.8 Å². The number of fused-ring (bicyclic) bond motifs is 1. The molecule has 204 valence electrons. The van der Waals surface area contributed by atoms with Crippen LogP contribution in [0.15, 0.2) is 33.5 Å². The maximum absolute atomic E-state index is 13.2. The van der Waals surface area contributed by atoms with Gasteiger partial charge in [-0.3, -0.25) is 19.7 Å². The molecule has 0 unspecified atom stereocenters. The highest BCUT2D eigenvalue weighted by Gasteiger charge is 2.29. The Kier molecular flexibility index (Phi) is 11.3. The van der Waals surface area contributed by atoms with Gasteiger partial charge in [-0.15, -0.1) is 0 Å². The van der Waals surface area contributed by atoms with Crippen LogP contribution < -0.4 is 33.0 Å². The van der Waals surface area contributed by atoms with Crippen molar-refractivity contribution >= 4 is 34.4 Å². The fourth-order valence-corrected chi connectivity index (χ4v) is 3.95.